The number of Topliss-reactive ketones (excluding diaryl/α,β-unsaturated/α-hetero) is 1. The van der Waals surface area contributed by atoms with Gasteiger partial charge in [-0.25, -0.2) is 0 Å². The number of carbonyl (C=O) groups is 2. The van der Waals surface area contributed by atoms with Gasteiger partial charge in [0.05, 0.1) is 19.6 Å². The summed E-state index contributed by atoms with van der Waals surface area (Å²) in [6, 6.07) is 5.44. The zero-order valence-electron chi connectivity index (χ0n) is 10.6. The summed E-state index contributed by atoms with van der Waals surface area (Å²) in [5.41, 5.74) is 1.56. The Hall–Kier alpha value is -1.84. The summed E-state index contributed by atoms with van der Waals surface area (Å²) in [6.45, 7) is 2.46. The highest BCUT2D eigenvalue weighted by molar-refractivity contribution is 6.01. The Morgan fingerprint density at radius 3 is 2.83 bits per heavy atom. The standard InChI is InChI=1S/C14H16O4/c1-3-18-11-5-4-9-6-10(14(16)17-2)7-13(15)12(9)8-11/h4-5,8,10H,3,6-7H2,1-2H3. The quantitative estimate of drug-likeness (QED) is 0.768. The molecule has 0 radical (unpaired) electrons. The van der Waals surface area contributed by atoms with Gasteiger partial charge in [0.25, 0.3) is 0 Å². The Morgan fingerprint density at radius 1 is 1.39 bits per heavy atom. The number of carbonyl (C=O) groups excluding carboxylic acids is 2. The monoisotopic (exact) mass is 248 g/mol. The van der Waals surface area contributed by atoms with Crippen molar-refractivity contribution in [2.45, 2.75) is 19.8 Å². The lowest BCUT2D eigenvalue weighted by Crippen LogP contribution is -2.27. The lowest BCUT2D eigenvalue weighted by Gasteiger charge is -2.22. The molecule has 2 rings (SSSR count). The molecular formula is C14H16O4. The molecule has 1 aromatic carbocycles. The van der Waals surface area contributed by atoms with E-state index in [1.54, 1.807) is 6.07 Å². The van der Waals surface area contributed by atoms with E-state index >= 15 is 0 Å². The van der Waals surface area contributed by atoms with E-state index < -0.39 is 0 Å². The van der Waals surface area contributed by atoms with E-state index in [-0.39, 0.29) is 24.1 Å². The van der Waals surface area contributed by atoms with Crippen LogP contribution in [0, 0.1) is 5.92 Å². The number of benzene rings is 1. The Kier molecular flexibility index (Phi) is 3.65. The van der Waals surface area contributed by atoms with Gasteiger partial charge in [-0.15, -0.1) is 0 Å². The average molecular weight is 248 g/mol. The largest absolute Gasteiger partial charge is 0.494 e. The Bertz CT molecular complexity index is 479. The van der Waals surface area contributed by atoms with Gasteiger partial charge in [-0.2, -0.15) is 0 Å². The van der Waals surface area contributed by atoms with E-state index in [4.69, 9.17) is 9.47 Å². The van der Waals surface area contributed by atoms with Gasteiger partial charge in [0.1, 0.15) is 5.75 Å². The molecule has 96 valence electrons. The van der Waals surface area contributed by atoms with Crippen molar-refractivity contribution in [3.05, 3.63) is 29.3 Å². The Morgan fingerprint density at radius 2 is 2.17 bits per heavy atom. The van der Waals surface area contributed by atoms with Gasteiger partial charge in [-0.3, -0.25) is 9.59 Å². The lowest BCUT2D eigenvalue weighted by atomic mass is 9.83. The first-order valence-electron chi connectivity index (χ1n) is 6.02. The smallest absolute Gasteiger partial charge is 0.309 e. The summed E-state index contributed by atoms with van der Waals surface area (Å²) in [5.74, 6) is 0.00477. The van der Waals surface area contributed by atoms with Crippen LogP contribution in [-0.2, 0) is 16.0 Å². The molecule has 1 atom stereocenters. The van der Waals surface area contributed by atoms with E-state index in [2.05, 4.69) is 0 Å². The third-order valence-corrected chi connectivity index (χ3v) is 3.13. The first kappa shape index (κ1) is 12.6. The van der Waals surface area contributed by atoms with E-state index in [0.29, 0.717) is 24.3 Å². The summed E-state index contributed by atoms with van der Waals surface area (Å²) < 4.78 is 10.1. The Balaban J connectivity index is 2.27. The van der Waals surface area contributed by atoms with E-state index in [9.17, 15) is 9.59 Å². The highest BCUT2D eigenvalue weighted by Gasteiger charge is 2.30. The average Bonchev–Trinajstić information content (AvgIpc) is 2.38. The molecule has 4 heteroatoms. The highest BCUT2D eigenvalue weighted by atomic mass is 16.5. The molecular weight excluding hydrogens is 232 g/mol. The molecule has 1 aliphatic rings. The molecule has 0 spiro atoms. The van der Waals surface area contributed by atoms with Crippen LogP contribution in [0.5, 0.6) is 5.75 Å². The molecule has 0 amide bonds. The van der Waals surface area contributed by atoms with Crippen molar-refractivity contribution in [3.63, 3.8) is 0 Å². The number of fused-ring (bicyclic) bond motifs is 1. The fourth-order valence-corrected chi connectivity index (χ4v) is 2.25. The third kappa shape index (κ3) is 2.37. The van der Waals surface area contributed by atoms with Crippen LogP contribution in [0.1, 0.15) is 29.3 Å². The second kappa shape index (κ2) is 5.21. The van der Waals surface area contributed by atoms with Crippen LogP contribution in [-0.4, -0.2) is 25.5 Å². The number of methoxy groups -OCH3 is 1. The summed E-state index contributed by atoms with van der Waals surface area (Å²) in [5, 5.41) is 0. The number of hydrogen-bond donors (Lipinski definition) is 0. The van der Waals surface area contributed by atoms with Crippen molar-refractivity contribution < 1.29 is 19.1 Å². The molecule has 1 aromatic rings. The van der Waals surface area contributed by atoms with E-state index in [1.807, 2.05) is 19.1 Å². The number of rotatable bonds is 3. The molecule has 1 aliphatic carbocycles. The maximum atomic E-state index is 12.0. The van der Waals surface area contributed by atoms with E-state index in [0.717, 1.165) is 5.56 Å². The van der Waals surface area contributed by atoms with Crippen LogP contribution in [0.2, 0.25) is 0 Å². The number of ether oxygens (including phenoxy) is 2. The molecule has 1 unspecified atom stereocenters. The molecule has 4 nitrogen and oxygen atoms in total. The Labute approximate surface area is 106 Å². The number of hydrogen-bond acceptors (Lipinski definition) is 4. The summed E-state index contributed by atoms with van der Waals surface area (Å²) >= 11 is 0. The number of ketones is 1. The zero-order valence-corrected chi connectivity index (χ0v) is 10.6. The molecule has 0 saturated carbocycles. The fourth-order valence-electron chi connectivity index (χ4n) is 2.25. The van der Waals surface area contributed by atoms with Gasteiger partial charge in [0, 0.05) is 12.0 Å². The van der Waals surface area contributed by atoms with E-state index in [1.165, 1.54) is 7.11 Å². The molecule has 0 saturated heterocycles. The van der Waals surface area contributed by atoms with Crippen LogP contribution in [0.15, 0.2) is 18.2 Å². The second-order valence-corrected chi connectivity index (χ2v) is 4.30. The van der Waals surface area contributed by atoms with Crippen LogP contribution in [0.3, 0.4) is 0 Å². The molecule has 0 aromatic heterocycles. The van der Waals surface area contributed by atoms with Gasteiger partial charge in [-0.1, -0.05) is 6.07 Å². The van der Waals surface area contributed by atoms with Gasteiger partial charge in [0.15, 0.2) is 5.78 Å². The van der Waals surface area contributed by atoms with Crippen LogP contribution in [0.4, 0.5) is 0 Å². The second-order valence-electron chi connectivity index (χ2n) is 4.30. The first-order chi connectivity index (χ1) is 8.65. The van der Waals surface area contributed by atoms with Crippen molar-refractivity contribution >= 4 is 11.8 Å². The minimum Gasteiger partial charge on any atom is -0.494 e. The molecule has 0 N–H and O–H groups in total. The zero-order chi connectivity index (χ0) is 13.1. The topological polar surface area (TPSA) is 52.6 Å². The van der Waals surface area contributed by atoms with Crippen molar-refractivity contribution in [1.29, 1.82) is 0 Å². The maximum Gasteiger partial charge on any atom is 0.309 e. The third-order valence-electron chi connectivity index (χ3n) is 3.13. The minimum atomic E-state index is -0.354. The normalized spacial score (nSPS) is 18.1. The van der Waals surface area contributed by atoms with Gasteiger partial charge < -0.3 is 9.47 Å². The molecule has 0 fully saturated rings. The van der Waals surface area contributed by atoms with Crippen LogP contribution < -0.4 is 4.74 Å². The summed E-state index contributed by atoms with van der Waals surface area (Å²) in [4.78, 5) is 23.5. The van der Waals surface area contributed by atoms with Crippen molar-refractivity contribution in [2.24, 2.45) is 5.92 Å². The lowest BCUT2D eigenvalue weighted by molar-refractivity contribution is -0.145. The van der Waals surface area contributed by atoms with Gasteiger partial charge >= 0.3 is 5.97 Å². The van der Waals surface area contributed by atoms with Crippen molar-refractivity contribution in [3.8, 4) is 5.75 Å². The highest BCUT2D eigenvalue weighted by Crippen LogP contribution is 2.29. The molecule has 18 heavy (non-hydrogen) atoms. The molecule has 0 heterocycles. The summed E-state index contributed by atoms with van der Waals surface area (Å²) in [6.07, 6.45) is 0.773. The van der Waals surface area contributed by atoms with Crippen molar-refractivity contribution in [2.75, 3.05) is 13.7 Å². The SMILES string of the molecule is CCOc1ccc2c(c1)C(=O)CC(C(=O)OC)C2. The van der Waals surface area contributed by atoms with Crippen LogP contribution in [0.25, 0.3) is 0 Å². The van der Waals surface area contributed by atoms with Gasteiger partial charge in [0.2, 0.25) is 0 Å². The fraction of sp³-hybridized carbons (Fsp3) is 0.429. The van der Waals surface area contributed by atoms with Crippen LogP contribution >= 0.6 is 0 Å². The maximum absolute atomic E-state index is 12.0. The molecule has 0 bridgehead atoms. The first-order valence-corrected chi connectivity index (χ1v) is 6.02. The molecule has 0 aliphatic heterocycles. The minimum absolute atomic E-state index is 0.0202. The predicted octanol–water partition coefficient (Wildman–Crippen LogP) is 2.00. The number of esters is 1. The summed E-state index contributed by atoms with van der Waals surface area (Å²) in [7, 11) is 1.35. The predicted molar refractivity (Wildman–Crippen MR) is 65.8 cm³/mol. The van der Waals surface area contributed by atoms with Crippen molar-refractivity contribution in [1.82, 2.24) is 0 Å². The van der Waals surface area contributed by atoms with Gasteiger partial charge in [-0.05, 0) is 31.0 Å².